The van der Waals surface area contributed by atoms with Crippen molar-refractivity contribution < 1.29 is 19.4 Å². The first-order chi connectivity index (χ1) is 15.8. The first kappa shape index (κ1) is 25.2. The summed E-state index contributed by atoms with van der Waals surface area (Å²) in [5.74, 6) is 0.890. The van der Waals surface area contributed by atoms with Gasteiger partial charge in [-0.3, -0.25) is 14.2 Å². The van der Waals surface area contributed by atoms with Gasteiger partial charge in [-0.05, 0) is 63.0 Å². The van der Waals surface area contributed by atoms with Crippen LogP contribution in [0.25, 0.3) is 11.0 Å². The van der Waals surface area contributed by atoms with Gasteiger partial charge in [-0.2, -0.15) is 4.98 Å². The Kier molecular flexibility index (Phi) is 8.51. The van der Waals surface area contributed by atoms with Gasteiger partial charge in [-0.25, -0.2) is 0 Å². The molecule has 7 heteroatoms. The number of aromatic nitrogens is 2. The van der Waals surface area contributed by atoms with E-state index in [1.54, 1.807) is 4.57 Å². The maximum Gasteiger partial charge on any atom is 0.298 e. The third kappa shape index (κ3) is 6.14. The molecule has 1 amide bonds. The predicted molar refractivity (Wildman–Crippen MR) is 129 cm³/mol. The summed E-state index contributed by atoms with van der Waals surface area (Å²) in [5, 5.41) is 9.39. The molecule has 1 N–H and O–H groups in total. The highest BCUT2D eigenvalue weighted by Gasteiger charge is 2.37. The smallest absolute Gasteiger partial charge is 0.298 e. The highest BCUT2D eigenvalue weighted by molar-refractivity contribution is 5.86. The molecule has 3 rings (SSSR count). The van der Waals surface area contributed by atoms with Crippen molar-refractivity contribution in [3.05, 3.63) is 24.3 Å². The highest BCUT2D eigenvalue weighted by atomic mass is 16.5. The van der Waals surface area contributed by atoms with Crippen LogP contribution in [-0.2, 0) is 16.1 Å². The van der Waals surface area contributed by atoms with E-state index in [0.29, 0.717) is 24.4 Å². The van der Waals surface area contributed by atoms with E-state index in [1.807, 2.05) is 43.0 Å². The molecule has 1 aliphatic carbocycles. The minimum absolute atomic E-state index is 0.0202. The summed E-state index contributed by atoms with van der Waals surface area (Å²) in [6.07, 6.45) is 4.19. The molecule has 1 aliphatic rings. The Morgan fingerprint density at radius 1 is 1.27 bits per heavy atom. The maximum absolute atomic E-state index is 13.1. The second kappa shape index (κ2) is 11.1. The zero-order chi connectivity index (χ0) is 24.0. The number of hydrogen-bond acceptors (Lipinski definition) is 5. The number of amides is 1. The number of carbonyl (C=O) groups excluding carboxylic acids is 2. The number of rotatable bonds is 11. The molecule has 0 spiro atoms. The number of likely N-dealkylation sites (N-methyl/N-ethyl adjacent to an activating group) is 1. The van der Waals surface area contributed by atoms with Crippen LogP contribution in [0.3, 0.4) is 0 Å². The molecule has 1 aromatic carbocycles. The van der Waals surface area contributed by atoms with Crippen molar-refractivity contribution in [1.29, 1.82) is 0 Å². The lowest BCUT2D eigenvalue weighted by Gasteiger charge is -2.35. The van der Waals surface area contributed by atoms with Gasteiger partial charge in [0.1, 0.15) is 6.54 Å². The van der Waals surface area contributed by atoms with E-state index in [2.05, 4.69) is 18.8 Å². The Bertz CT molecular complexity index is 944. The summed E-state index contributed by atoms with van der Waals surface area (Å²) >= 11 is 0. The average Bonchev–Trinajstić information content (AvgIpc) is 3.15. The number of ether oxygens (including phenoxy) is 1. The lowest BCUT2D eigenvalue weighted by molar-refractivity contribution is -0.132. The number of benzene rings is 1. The molecule has 7 nitrogen and oxygen atoms in total. The van der Waals surface area contributed by atoms with Gasteiger partial charge in [0, 0.05) is 25.1 Å². The van der Waals surface area contributed by atoms with Gasteiger partial charge in [0.2, 0.25) is 5.91 Å². The minimum atomic E-state index is -0.436. The fraction of sp³-hybridized carbons (Fsp3) is 0.654. The van der Waals surface area contributed by atoms with E-state index < -0.39 is 5.41 Å². The normalized spacial score (nSPS) is 20.8. The van der Waals surface area contributed by atoms with Crippen LogP contribution in [-0.4, -0.2) is 57.6 Å². The first-order valence-corrected chi connectivity index (χ1v) is 12.3. The molecule has 0 atom stereocenters. The summed E-state index contributed by atoms with van der Waals surface area (Å²) in [6, 6.07) is 7.94. The number of carbonyl (C=O) groups is 2. The Morgan fingerprint density at radius 3 is 2.61 bits per heavy atom. The van der Waals surface area contributed by atoms with Gasteiger partial charge in [0.05, 0.1) is 11.0 Å². The average molecular weight is 458 g/mol. The predicted octanol–water partition coefficient (Wildman–Crippen LogP) is 4.07. The van der Waals surface area contributed by atoms with Crippen molar-refractivity contribution in [2.24, 2.45) is 17.3 Å². The lowest BCUT2D eigenvalue weighted by Crippen LogP contribution is -2.37. The third-order valence-corrected chi connectivity index (χ3v) is 7.10. The van der Waals surface area contributed by atoms with Crippen molar-refractivity contribution in [3.63, 3.8) is 0 Å². The Hall–Kier alpha value is -2.41. The van der Waals surface area contributed by atoms with E-state index in [9.17, 15) is 14.7 Å². The number of aliphatic hydroxyl groups excluding tert-OH is 1. The number of nitrogens with zero attached hydrogens (tertiary/aromatic N) is 3. The van der Waals surface area contributed by atoms with Gasteiger partial charge >= 0.3 is 0 Å². The van der Waals surface area contributed by atoms with Crippen molar-refractivity contribution >= 4 is 22.7 Å². The number of aliphatic hydroxyl groups is 1. The van der Waals surface area contributed by atoms with Crippen molar-refractivity contribution in [1.82, 2.24) is 14.5 Å². The minimum Gasteiger partial charge on any atom is -0.457 e. The number of imidazole rings is 1. The van der Waals surface area contributed by atoms with Crippen molar-refractivity contribution in [3.8, 4) is 6.01 Å². The van der Waals surface area contributed by atoms with E-state index in [4.69, 9.17) is 4.74 Å². The molecule has 33 heavy (non-hydrogen) atoms. The number of para-hydroxylation sites is 2. The Labute approximate surface area is 197 Å². The van der Waals surface area contributed by atoms with Gasteiger partial charge < -0.3 is 14.7 Å². The monoisotopic (exact) mass is 457 g/mol. The molecule has 0 bridgehead atoms. The standard InChI is InChI=1S/C26H39N3O4/c1-5-28(15-12-19(2)3)24(32)16-29-22-9-7-6-8-21(22)27-25(29)33-18-23(31)26(4)13-10-20(17-30)11-14-26/h6-9,19-20,30H,5,10-18H2,1-4H3. The van der Waals surface area contributed by atoms with Crippen LogP contribution in [0.15, 0.2) is 24.3 Å². The summed E-state index contributed by atoms with van der Waals surface area (Å²) in [6.45, 7) is 9.92. The third-order valence-electron chi connectivity index (χ3n) is 7.10. The van der Waals surface area contributed by atoms with E-state index >= 15 is 0 Å². The van der Waals surface area contributed by atoms with Crippen molar-refractivity contribution in [2.45, 2.75) is 66.3 Å². The Balaban J connectivity index is 1.73. The van der Waals surface area contributed by atoms with E-state index in [-0.39, 0.29) is 31.4 Å². The van der Waals surface area contributed by atoms with Gasteiger partial charge in [0.15, 0.2) is 12.4 Å². The molecule has 1 fully saturated rings. The second-order valence-corrected chi connectivity index (χ2v) is 10.0. The van der Waals surface area contributed by atoms with Gasteiger partial charge in [-0.15, -0.1) is 0 Å². The summed E-state index contributed by atoms with van der Waals surface area (Å²) in [5.41, 5.74) is 1.13. The summed E-state index contributed by atoms with van der Waals surface area (Å²) in [4.78, 5) is 32.6. The molecule has 1 heterocycles. The lowest BCUT2D eigenvalue weighted by atomic mass is 9.69. The van der Waals surface area contributed by atoms with E-state index in [0.717, 1.165) is 49.7 Å². The fourth-order valence-electron chi connectivity index (χ4n) is 4.51. The fourth-order valence-corrected chi connectivity index (χ4v) is 4.51. The molecular weight excluding hydrogens is 418 g/mol. The van der Waals surface area contributed by atoms with Gasteiger partial charge in [-0.1, -0.05) is 32.9 Å². The molecular formula is C26H39N3O4. The number of fused-ring (bicyclic) bond motifs is 1. The van der Waals surface area contributed by atoms with Crippen LogP contribution in [0.5, 0.6) is 6.01 Å². The van der Waals surface area contributed by atoms with Gasteiger partial charge in [0.25, 0.3) is 6.01 Å². The molecule has 0 radical (unpaired) electrons. The molecule has 2 aromatic rings. The Morgan fingerprint density at radius 2 is 1.97 bits per heavy atom. The SMILES string of the molecule is CCN(CCC(C)C)C(=O)Cn1c(OCC(=O)C2(C)CCC(CO)CC2)nc2ccccc21. The molecule has 1 saturated carbocycles. The molecule has 1 aromatic heterocycles. The largest absolute Gasteiger partial charge is 0.457 e. The van der Waals surface area contributed by atoms with Crippen molar-refractivity contribution in [2.75, 3.05) is 26.3 Å². The van der Waals surface area contributed by atoms with Crippen LogP contribution < -0.4 is 4.74 Å². The topological polar surface area (TPSA) is 84.7 Å². The molecule has 0 aliphatic heterocycles. The summed E-state index contributed by atoms with van der Waals surface area (Å²) < 4.78 is 7.74. The zero-order valence-corrected chi connectivity index (χ0v) is 20.5. The molecule has 182 valence electrons. The van der Waals surface area contributed by atoms with Crippen LogP contribution in [0.4, 0.5) is 0 Å². The van der Waals surface area contributed by atoms with Crippen LogP contribution in [0, 0.1) is 17.3 Å². The number of hydrogen-bond donors (Lipinski definition) is 1. The second-order valence-electron chi connectivity index (χ2n) is 10.0. The van der Waals surface area contributed by atoms with Crippen LogP contribution >= 0.6 is 0 Å². The maximum atomic E-state index is 13.1. The van der Waals surface area contributed by atoms with Crippen LogP contribution in [0.1, 0.15) is 59.8 Å². The van der Waals surface area contributed by atoms with Crippen LogP contribution in [0.2, 0.25) is 0 Å². The number of ketones is 1. The molecule has 0 saturated heterocycles. The zero-order valence-electron chi connectivity index (χ0n) is 20.5. The molecule has 0 unspecified atom stereocenters. The number of Topliss-reactive ketones (excluding diaryl/α,β-unsaturated/α-hetero) is 1. The highest BCUT2D eigenvalue weighted by Crippen LogP contribution is 2.39. The summed E-state index contributed by atoms with van der Waals surface area (Å²) in [7, 11) is 0. The quantitative estimate of drug-likeness (QED) is 0.550. The van der Waals surface area contributed by atoms with E-state index in [1.165, 1.54) is 0 Å². The first-order valence-electron chi connectivity index (χ1n) is 12.3.